The van der Waals surface area contributed by atoms with Gasteiger partial charge < -0.3 is 20.7 Å². The Morgan fingerprint density at radius 3 is 2.57 bits per heavy atom. The molecule has 1 aliphatic rings. The normalized spacial score (nSPS) is 13.7. The summed E-state index contributed by atoms with van der Waals surface area (Å²) in [4.78, 5) is 23.3. The van der Waals surface area contributed by atoms with E-state index in [0.29, 0.717) is 17.8 Å². The monoisotopic (exact) mass is 501 g/mol. The molecule has 1 amide bonds. The molecule has 3 aromatic rings. The molecule has 0 spiro atoms. The number of rotatable bonds is 9. The first-order chi connectivity index (χ1) is 16.9. The average Bonchev–Trinajstić information content (AvgIpc) is 3.38. The lowest BCUT2D eigenvalue weighted by atomic mass is 10.1. The zero-order valence-electron chi connectivity index (χ0n) is 19.1. The molecule has 4 rings (SSSR count). The van der Waals surface area contributed by atoms with Crippen LogP contribution in [0.1, 0.15) is 28.8 Å². The van der Waals surface area contributed by atoms with Gasteiger partial charge in [-0.05, 0) is 50.2 Å². The van der Waals surface area contributed by atoms with E-state index in [-0.39, 0.29) is 41.2 Å². The summed E-state index contributed by atoms with van der Waals surface area (Å²) < 4.78 is 33.2. The number of carbonyl (C=O) groups excluding carboxylic acids is 1. The molecule has 0 bridgehead atoms. The summed E-state index contributed by atoms with van der Waals surface area (Å²) in [6.07, 6.45) is 3.96. The summed E-state index contributed by atoms with van der Waals surface area (Å²) in [6, 6.07) is 8.95. The van der Waals surface area contributed by atoms with Gasteiger partial charge in [-0.15, -0.1) is 0 Å². The molecule has 0 atom stereocenters. The maximum atomic E-state index is 14.0. The van der Waals surface area contributed by atoms with E-state index >= 15 is 0 Å². The topological polar surface area (TPSA) is 93.4 Å². The second-order valence-electron chi connectivity index (χ2n) is 8.25. The predicted molar refractivity (Wildman–Crippen MR) is 130 cm³/mol. The van der Waals surface area contributed by atoms with E-state index in [1.54, 1.807) is 24.3 Å². The van der Waals surface area contributed by atoms with Crippen molar-refractivity contribution < 1.29 is 18.3 Å². The van der Waals surface area contributed by atoms with Crippen molar-refractivity contribution in [3.8, 4) is 17.1 Å². The Morgan fingerprint density at radius 1 is 1.11 bits per heavy atom. The summed E-state index contributed by atoms with van der Waals surface area (Å²) in [5.74, 6) is -1.32. The maximum Gasteiger partial charge on any atom is 0.257 e. The van der Waals surface area contributed by atoms with Crippen LogP contribution in [0.5, 0.6) is 5.88 Å². The number of nitrogens with one attached hydrogen (secondary N) is 1. The van der Waals surface area contributed by atoms with Crippen LogP contribution in [0.4, 0.5) is 14.6 Å². The Balaban J connectivity index is 1.36. The van der Waals surface area contributed by atoms with Gasteiger partial charge in [0.15, 0.2) is 5.82 Å². The van der Waals surface area contributed by atoms with E-state index in [0.717, 1.165) is 37.3 Å². The van der Waals surface area contributed by atoms with Gasteiger partial charge >= 0.3 is 0 Å². The van der Waals surface area contributed by atoms with E-state index in [1.165, 1.54) is 19.0 Å². The highest BCUT2D eigenvalue weighted by molar-refractivity contribution is 6.31. The fraction of sp³-hybridized carbons (Fsp3) is 0.320. The third kappa shape index (κ3) is 6.23. The number of aromatic nitrogens is 2. The highest BCUT2D eigenvalue weighted by atomic mass is 35.5. The van der Waals surface area contributed by atoms with E-state index in [1.807, 2.05) is 0 Å². The zero-order chi connectivity index (χ0) is 24.8. The lowest BCUT2D eigenvalue weighted by Crippen LogP contribution is -2.33. The minimum absolute atomic E-state index is 0.0173. The molecule has 3 N–H and O–H groups in total. The van der Waals surface area contributed by atoms with Crippen LogP contribution >= 0.6 is 11.6 Å². The van der Waals surface area contributed by atoms with E-state index < -0.39 is 11.6 Å². The summed E-state index contributed by atoms with van der Waals surface area (Å²) in [6.45, 7) is 3.61. The Kier molecular flexibility index (Phi) is 8.09. The molecule has 0 unspecified atom stereocenters. The molecule has 1 aliphatic heterocycles. The molecule has 0 radical (unpaired) electrons. The number of nitrogen functional groups attached to an aromatic ring is 1. The number of ether oxygens (including phenoxy) is 1. The molecule has 1 aromatic heterocycles. The Labute approximate surface area is 207 Å². The Morgan fingerprint density at radius 2 is 1.83 bits per heavy atom. The number of anilines is 1. The van der Waals surface area contributed by atoms with E-state index in [2.05, 4.69) is 20.2 Å². The van der Waals surface area contributed by atoms with E-state index in [9.17, 15) is 13.6 Å². The first kappa shape index (κ1) is 24.8. The third-order valence-electron chi connectivity index (χ3n) is 5.85. The standard InChI is InChI=1S/C25H26ClF2N5O2/c26-22-18(19(27)7-8-20(22)28)9-14-35-25-23(29)31-15-21(32-25)16-3-5-17(6-4-16)24(34)30-10-13-33-11-1-2-12-33/h3-8,15H,1-2,9-14H2,(H2,29,31)(H,30,34). The highest BCUT2D eigenvalue weighted by Gasteiger charge is 2.15. The third-order valence-corrected chi connectivity index (χ3v) is 6.26. The molecule has 1 saturated heterocycles. The molecule has 7 nitrogen and oxygen atoms in total. The van der Waals surface area contributed by atoms with Crippen molar-refractivity contribution in [3.63, 3.8) is 0 Å². The summed E-state index contributed by atoms with van der Waals surface area (Å²) in [7, 11) is 0. The number of nitrogens with two attached hydrogens (primary N) is 1. The SMILES string of the molecule is Nc1ncc(-c2ccc(C(=O)NCCN3CCCC3)cc2)nc1OCCc1c(F)ccc(F)c1Cl. The molecule has 184 valence electrons. The number of benzene rings is 2. The minimum Gasteiger partial charge on any atom is -0.475 e. The van der Waals surface area contributed by atoms with Gasteiger partial charge in [-0.1, -0.05) is 23.7 Å². The molecule has 0 saturated carbocycles. The zero-order valence-corrected chi connectivity index (χ0v) is 19.8. The summed E-state index contributed by atoms with van der Waals surface area (Å²) in [5, 5.41) is 2.67. The Bertz CT molecular complexity index is 1190. The Hall–Kier alpha value is -3.30. The number of hydrogen-bond donors (Lipinski definition) is 2. The van der Waals surface area contributed by atoms with Crippen LogP contribution < -0.4 is 15.8 Å². The van der Waals surface area contributed by atoms with Gasteiger partial charge in [-0.25, -0.2) is 18.7 Å². The number of carbonyl (C=O) groups is 1. The molecule has 1 fully saturated rings. The maximum absolute atomic E-state index is 14.0. The first-order valence-corrected chi connectivity index (χ1v) is 11.8. The number of hydrogen-bond acceptors (Lipinski definition) is 6. The molecule has 2 heterocycles. The molecular weight excluding hydrogens is 476 g/mol. The van der Waals surface area contributed by atoms with Crippen molar-refractivity contribution in [2.45, 2.75) is 19.3 Å². The fourth-order valence-corrected chi connectivity index (χ4v) is 4.15. The van der Waals surface area contributed by atoms with Crippen LogP contribution in [0, 0.1) is 11.6 Å². The van der Waals surface area contributed by atoms with Crippen molar-refractivity contribution in [1.29, 1.82) is 0 Å². The van der Waals surface area contributed by atoms with Gasteiger partial charge in [-0.2, -0.15) is 0 Å². The molecule has 2 aromatic carbocycles. The van der Waals surface area contributed by atoms with Crippen LogP contribution in [-0.2, 0) is 6.42 Å². The van der Waals surface area contributed by atoms with Crippen molar-refractivity contribution >= 4 is 23.3 Å². The number of nitrogens with zero attached hydrogens (tertiary/aromatic N) is 3. The van der Waals surface area contributed by atoms with Gasteiger partial charge in [-0.3, -0.25) is 4.79 Å². The number of halogens is 3. The second kappa shape index (κ2) is 11.4. The average molecular weight is 502 g/mol. The van der Waals surface area contributed by atoms with Gasteiger partial charge in [0.1, 0.15) is 11.6 Å². The van der Waals surface area contributed by atoms with Crippen molar-refractivity contribution in [1.82, 2.24) is 20.2 Å². The van der Waals surface area contributed by atoms with E-state index in [4.69, 9.17) is 22.1 Å². The van der Waals surface area contributed by atoms with Crippen molar-refractivity contribution in [2.75, 3.05) is 38.5 Å². The predicted octanol–water partition coefficient (Wildman–Crippen LogP) is 4.10. The number of likely N-dealkylation sites (tertiary alicyclic amines) is 1. The molecule has 0 aliphatic carbocycles. The lowest BCUT2D eigenvalue weighted by Gasteiger charge is -2.14. The second-order valence-corrected chi connectivity index (χ2v) is 8.63. The van der Waals surface area contributed by atoms with Gasteiger partial charge in [0.05, 0.1) is 23.5 Å². The number of amides is 1. The largest absolute Gasteiger partial charge is 0.475 e. The smallest absolute Gasteiger partial charge is 0.257 e. The van der Waals surface area contributed by atoms with Crippen molar-refractivity contribution in [2.24, 2.45) is 0 Å². The van der Waals surface area contributed by atoms with Crippen LogP contribution in [0.25, 0.3) is 11.3 Å². The first-order valence-electron chi connectivity index (χ1n) is 11.4. The fourth-order valence-electron chi connectivity index (χ4n) is 3.90. The van der Waals surface area contributed by atoms with Gasteiger partial charge in [0.2, 0.25) is 0 Å². The van der Waals surface area contributed by atoms with Gasteiger partial charge in [0, 0.05) is 36.2 Å². The molecular formula is C25H26ClF2N5O2. The summed E-state index contributed by atoms with van der Waals surface area (Å²) in [5.41, 5.74) is 7.64. The van der Waals surface area contributed by atoms with Crippen LogP contribution in [0.2, 0.25) is 5.02 Å². The van der Waals surface area contributed by atoms with Crippen molar-refractivity contribution in [3.05, 3.63) is 70.4 Å². The van der Waals surface area contributed by atoms with Crippen LogP contribution in [-0.4, -0.2) is 53.6 Å². The lowest BCUT2D eigenvalue weighted by molar-refractivity contribution is 0.0949. The minimum atomic E-state index is -0.701. The van der Waals surface area contributed by atoms with Gasteiger partial charge in [0.25, 0.3) is 11.8 Å². The molecule has 35 heavy (non-hydrogen) atoms. The highest BCUT2D eigenvalue weighted by Crippen LogP contribution is 2.25. The quantitative estimate of drug-likeness (QED) is 0.429. The summed E-state index contributed by atoms with van der Waals surface area (Å²) >= 11 is 5.86. The molecule has 10 heteroatoms. The van der Waals surface area contributed by atoms with Crippen LogP contribution in [0.15, 0.2) is 42.6 Å². The van der Waals surface area contributed by atoms with Crippen LogP contribution in [0.3, 0.4) is 0 Å².